The van der Waals surface area contributed by atoms with Gasteiger partial charge in [-0.2, -0.15) is 0 Å². The first-order valence-electron chi connectivity index (χ1n) is 7.17. The standard InChI is InChI=1S/C14H28N2/c1-3-14(11-15,12-9-10-12)16(2)13-7-5-4-6-8-13/h12-13H,3-11,15H2,1-2H3. The van der Waals surface area contributed by atoms with Gasteiger partial charge in [-0.05, 0) is 45.1 Å². The second-order valence-corrected chi connectivity index (χ2v) is 5.84. The molecule has 1 unspecified atom stereocenters. The number of nitrogens with zero attached hydrogens (tertiary/aromatic N) is 1. The molecule has 2 aliphatic rings. The Morgan fingerprint density at radius 1 is 1.12 bits per heavy atom. The summed E-state index contributed by atoms with van der Waals surface area (Å²) < 4.78 is 0. The van der Waals surface area contributed by atoms with Crippen molar-refractivity contribution in [2.45, 2.75) is 69.9 Å². The molecule has 2 rings (SSSR count). The maximum Gasteiger partial charge on any atom is 0.0357 e. The Labute approximate surface area is 101 Å². The summed E-state index contributed by atoms with van der Waals surface area (Å²) in [6, 6.07) is 0.804. The normalized spacial score (nSPS) is 27.0. The molecule has 2 nitrogen and oxygen atoms in total. The Morgan fingerprint density at radius 2 is 1.75 bits per heavy atom. The van der Waals surface area contributed by atoms with Crippen molar-refractivity contribution in [1.82, 2.24) is 4.90 Å². The molecule has 1 atom stereocenters. The SMILES string of the molecule is CCC(CN)(C1CC1)N(C)C1CCCCC1. The molecule has 16 heavy (non-hydrogen) atoms. The summed E-state index contributed by atoms with van der Waals surface area (Å²) in [6.07, 6.45) is 11.1. The van der Waals surface area contributed by atoms with Gasteiger partial charge in [-0.25, -0.2) is 0 Å². The topological polar surface area (TPSA) is 29.3 Å². The van der Waals surface area contributed by atoms with Gasteiger partial charge in [0.25, 0.3) is 0 Å². The van der Waals surface area contributed by atoms with Crippen molar-refractivity contribution in [2.75, 3.05) is 13.6 Å². The molecule has 0 bridgehead atoms. The molecule has 0 aromatic carbocycles. The van der Waals surface area contributed by atoms with Gasteiger partial charge < -0.3 is 5.73 Å². The number of rotatable bonds is 5. The van der Waals surface area contributed by atoms with Crippen LogP contribution < -0.4 is 5.73 Å². The zero-order valence-electron chi connectivity index (χ0n) is 11.0. The van der Waals surface area contributed by atoms with Crippen LogP contribution >= 0.6 is 0 Å². The molecule has 2 saturated carbocycles. The summed E-state index contributed by atoms with van der Waals surface area (Å²) in [6.45, 7) is 3.17. The van der Waals surface area contributed by atoms with Gasteiger partial charge in [0.1, 0.15) is 0 Å². The van der Waals surface area contributed by atoms with E-state index in [1.54, 1.807) is 0 Å². The van der Waals surface area contributed by atoms with Crippen LogP contribution in [0.2, 0.25) is 0 Å². The van der Waals surface area contributed by atoms with Crippen molar-refractivity contribution in [2.24, 2.45) is 11.7 Å². The first-order chi connectivity index (χ1) is 7.74. The minimum absolute atomic E-state index is 0.321. The van der Waals surface area contributed by atoms with Gasteiger partial charge in [-0.3, -0.25) is 4.90 Å². The quantitative estimate of drug-likeness (QED) is 0.778. The monoisotopic (exact) mass is 224 g/mol. The summed E-state index contributed by atoms with van der Waals surface area (Å²) in [5.41, 5.74) is 6.45. The maximum atomic E-state index is 6.13. The largest absolute Gasteiger partial charge is 0.329 e. The molecule has 94 valence electrons. The van der Waals surface area contributed by atoms with Crippen molar-refractivity contribution < 1.29 is 0 Å². The first-order valence-corrected chi connectivity index (χ1v) is 7.17. The van der Waals surface area contributed by atoms with E-state index in [4.69, 9.17) is 5.73 Å². The van der Waals surface area contributed by atoms with E-state index >= 15 is 0 Å². The van der Waals surface area contributed by atoms with Crippen molar-refractivity contribution >= 4 is 0 Å². The highest BCUT2D eigenvalue weighted by Gasteiger charge is 2.47. The van der Waals surface area contributed by atoms with Crippen LogP contribution in [0.4, 0.5) is 0 Å². The fraction of sp³-hybridized carbons (Fsp3) is 1.00. The Balaban J connectivity index is 2.05. The number of hydrogen-bond donors (Lipinski definition) is 1. The average Bonchev–Trinajstić information content (AvgIpc) is 3.17. The molecular weight excluding hydrogens is 196 g/mol. The van der Waals surface area contributed by atoms with Crippen LogP contribution in [-0.2, 0) is 0 Å². The van der Waals surface area contributed by atoms with E-state index in [9.17, 15) is 0 Å². The highest BCUT2D eigenvalue weighted by atomic mass is 15.2. The van der Waals surface area contributed by atoms with E-state index in [2.05, 4.69) is 18.9 Å². The minimum atomic E-state index is 0.321. The Kier molecular flexibility index (Phi) is 3.91. The zero-order valence-corrected chi connectivity index (χ0v) is 11.0. The highest BCUT2D eigenvalue weighted by molar-refractivity contribution is 5.03. The van der Waals surface area contributed by atoms with Gasteiger partial charge in [0.2, 0.25) is 0 Å². The van der Waals surface area contributed by atoms with Crippen LogP contribution in [0.15, 0.2) is 0 Å². The second kappa shape index (κ2) is 5.05. The van der Waals surface area contributed by atoms with Crippen LogP contribution in [0, 0.1) is 5.92 Å². The fourth-order valence-corrected chi connectivity index (χ4v) is 3.73. The lowest BCUT2D eigenvalue weighted by molar-refractivity contribution is 0.0368. The van der Waals surface area contributed by atoms with Crippen molar-refractivity contribution in [3.8, 4) is 0 Å². The lowest BCUT2D eigenvalue weighted by atomic mass is 9.84. The minimum Gasteiger partial charge on any atom is -0.329 e. The first kappa shape index (κ1) is 12.4. The third-order valence-corrected chi connectivity index (χ3v) is 5.13. The van der Waals surface area contributed by atoms with Gasteiger partial charge in [0.15, 0.2) is 0 Å². The van der Waals surface area contributed by atoms with Gasteiger partial charge in [0.05, 0.1) is 0 Å². The van der Waals surface area contributed by atoms with Gasteiger partial charge in [-0.1, -0.05) is 26.2 Å². The second-order valence-electron chi connectivity index (χ2n) is 5.84. The summed E-state index contributed by atoms with van der Waals surface area (Å²) >= 11 is 0. The van der Waals surface area contributed by atoms with Crippen LogP contribution in [0.1, 0.15) is 58.3 Å². The molecule has 2 aliphatic carbocycles. The fourth-order valence-electron chi connectivity index (χ4n) is 3.73. The van der Waals surface area contributed by atoms with Crippen LogP contribution in [0.3, 0.4) is 0 Å². The average molecular weight is 224 g/mol. The molecule has 2 heteroatoms. The summed E-state index contributed by atoms with van der Waals surface area (Å²) in [7, 11) is 2.34. The van der Waals surface area contributed by atoms with Gasteiger partial charge >= 0.3 is 0 Å². The molecule has 0 heterocycles. The van der Waals surface area contributed by atoms with E-state index < -0.39 is 0 Å². The molecular formula is C14H28N2. The zero-order chi connectivity index (χ0) is 11.6. The van der Waals surface area contributed by atoms with E-state index in [1.165, 1.54) is 51.4 Å². The molecule has 2 fully saturated rings. The molecule has 0 spiro atoms. The van der Waals surface area contributed by atoms with Crippen molar-refractivity contribution in [3.63, 3.8) is 0 Å². The van der Waals surface area contributed by atoms with Crippen LogP contribution in [-0.4, -0.2) is 30.1 Å². The van der Waals surface area contributed by atoms with E-state index in [0.717, 1.165) is 18.5 Å². The predicted molar refractivity (Wildman–Crippen MR) is 69.4 cm³/mol. The van der Waals surface area contributed by atoms with Crippen LogP contribution in [0.25, 0.3) is 0 Å². The molecule has 0 aliphatic heterocycles. The van der Waals surface area contributed by atoms with Gasteiger partial charge in [0, 0.05) is 18.1 Å². The summed E-state index contributed by atoms with van der Waals surface area (Å²) in [5, 5.41) is 0. The summed E-state index contributed by atoms with van der Waals surface area (Å²) in [5.74, 6) is 0.884. The maximum absolute atomic E-state index is 6.13. The van der Waals surface area contributed by atoms with Crippen molar-refractivity contribution in [3.05, 3.63) is 0 Å². The molecule has 0 amide bonds. The predicted octanol–water partition coefficient (Wildman–Crippen LogP) is 2.77. The Bertz CT molecular complexity index is 213. The van der Waals surface area contributed by atoms with E-state index in [1.807, 2.05) is 0 Å². The molecule has 0 radical (unpaired) electrons. The number of nitrogens with two attached hydrogens (primary N) is 1. The molecule has 0 aromatic rings. The smallest absolute Gasteiger partial charge is 0.0357 e. The van der Waals surface area contributed by atoms with E-state index in [-0.39, 0.29) is 0 Å². The number of likely N-dealkylation sites (N-methyl/N-ethyl adjacent to an activating group) is 1. The molecule has 0 saturated heterocycles. The van der Waals surface area contributed by atoms with Crippen molar-refractivity contribution in [1.29, 1.82) is 0 Å². The van der Waals surface area contributed by atoms with E-state index in [0.29, 0.717) is 5.54 Å². The lowest BCUT2D eigenvalue weighted by Gasteiger charge is -2.47. The van der Waals surface area contributed by atoms with Gasteiger partial charge in [-0.15, -0.1) is 0 Å². The molecule has 2 N–H and O–H groups in total. The highest BCUT2D eigenvalue weighted by Crippen LogP contribution is 2.45. The Morgan fingerprint density at radius 3 is 2.19 bits per heavy atom. The Hall–Kier alpha value is -0.0800. The van der Waals surface area contributed by atoms with Crippen LogP contribution in [0.5, 0.6) is 0 Å². The summed E-state index contributed by atoms with van der Waals surface area (Å²) in [4.78, 5) is 2.67. The third-order valence-electron chi connectivity index (χ3n) is 5.13. The molecule has 0 aromatic heterocycles. The third kappa shape index (κ3) is 2.14. The lowest BCUT2D eigenvalue weighted by Crippen LogP contribution is -2.57. The number of hydrogen-bond acceptors (Lipinski definition) is 2.